The molecule has 1 fully saturated rings. The fourth-order valence-corrected chi connectivity index (χ4v) is 5.89. The van der Waals surface area contributed by atoms with Gasteiger partial charge in [-0.3, -0.25) is 9.59 Å². The summed E-state index contributed by atoms with van der Waals surface area (Å²) in [5.41, 5.74) is 6.80. The Kier molecular flexibility index (Phi) is 8.38. The van der Waals surface area contributed by atoms with Gasteiger partial charge in [0.2, 0.25) is 11.8 Å². The maximum Gasteiger partial charge on any atom is 0.227 e. The second kappa shape index (κ2) is 11.1. The molecule has 1 saturated heterocycles. The largest absolute Gasteiger partial charge is 0.370 e. The number of amides is 2. The summed E-state index contributed by atoms with van der Waals surface area (Å²) in [5.74, 6) is -1.84. The fourth-order valence-electron chi connectivity index (χ4n) is 4.09. The number of carbonyl (C=O) groups excluding carboxylic acids is 2. The van der Waals surface area contributed by atoms with Gasteiger partial charge < -0.3 is 20.9 Å². The van der Waals surface area contributed by atoms with Gasteiger partial charge in [-0.15, -0.1) is 0 Å². The number of anilines is 1. The molecule has 36 heavy (non-hydrogen) atoms. The molecule has 3 N–H and O–H groups in total. The molecule has 10 heteroatoms. The molecule has 0 spiro atoms. The zero-order valence-electron chi connectivity index (χ0n) is 20.9. The van der Waals surface area contributed by atoms with Crippen LogP contribution >= 0.6 is 0 Å². The van der Waals surface area contributed by atoms with Gasteiger partial charge in [0, 0.05) is 31.9 Å². The highest BCUT2D eigenvalue weighted by atomic mass is 32.2. The average molecular weight is 512 g/mol. The Morgan fingerprint density at radius 1 is 1.03 bits per heavy atom. The van der Waals surface area contributed by atoms with Gasteiger partial charge in [0.15, 0.2) is 9.84 Å². The number of piperazine rings is 1. The van der Waals surface area contributed by atoms with Crippen molar-refractivity contribution >= 4 is 27.3 Å². The Morgan fingerprint density at radius 2 is 1.56 bits per heavy atom. The number of nitrogens with one attached hydrogen (secondary N) is 1. The van der Waals surface area contributed by atoms with Crippen LogP contribution < -0.4 is 16.0 Å². The number of benzene rings is 2. The van der Waals surface area contributed by atoms with E-state index in [0.29, 0.717) is 0 Å². The highest BCUT2D eigenvalue weighted by Crippen LogP contribution is 2.28. The number of rotatable bonds is 9. The van der Waals surface area contributed by atoms with Crippen molar-refractivity contribution in [1.82, 2.24) is 10.2 Å². The van der Waals surface area contributed by atoms with Crippen molar-refractivity contribution in [3.63, 3.8) is 0 Å². The van der Waals surface area contributed by atoms with E-state index in [0.717, 1.165) is 37.3 Å². The maximum absolute atomic E-state index is 13.0. The normalized spacial score (nSPS) is 15.7. The first kappa shape index (κ1) is 27.2. The lowest BCUT2D eigenvalue weighted by Crippen LogP contribution is -2.46. The van der Waals surface area contributed by atoms with E-state index in [4.69, 9.17) is 11.0 Å². The second-order valence-corrected chi connectivity index (χ2v) is 11.8. The Labute approximate surface area is 212 Å². The number of nitriles is 1. The SMILES string of the molecule is CN1CCN(c2ccc(-c3ccc(S(=O)(=O)CC(C)(C)C(=O)N[C@H](C#N)CC(N)=O)cc3)cc2)CC1. The molecule has 1 atom stereocenters. The highest BCUT2D eigenvalue weighted by molar-refractivity contribution is 7.91. The predicted octanol–water partition coefficient (Wildman–Crippen LogP) is 1.79. The van der Waals surface area contributed by atoms with Crippen LogP contribution in [0.25, 0.3) is 11.1 Å². The van der Waals surface area contributed by atoms with Crippen LogP contribution in [-0.4, -0.2) is 70.2 Å². The molecule has 2 aromatic rings. The third-order valence-electron chi connectivity index (χ3n) is 6.31. The fraction of sp³-hybridized carbons (Fsp3) is 0.423. The topological polar surface area (TPSA) is 137 Å². The van der Waals surface area contributed by atoms with Gasteiger partial charge in [0.1, 0.15) is 6.04 Å². The molecule has 9 nitrogen and oxygen atoms in total. The summed E-state index contributed by atoms with van der Waals surface area (Å²) >= 11 is 0. The van der Waals surface area contributed by atoms with Crippen LogP contribution in [-0.2, 0) is 19.4 Å². The van der Waals surface area contributed by atoms with E-state index in [-0.39, 0.29) is 11.3 Å². The molecule has 0 radical (unpaired) electrons. The van der Waals surface area contributed by atoms with Gasteiger partial charge >= 0.3 is 0 Å². The van der Waals surface area contributed by atoms with E-state index >= 15 is 0 Å². The lowest BCUT2D eigenvalue weighted by molar-refractivity contribution is -0.129. The third kappa shape index (κ3) is 6.83. The smallest absolute Gasteiger partial charge is 0.227 e. The van der Waals surface area contributed by atoms with Crippen molar-refractivity contribution in [1.29, 1.82) is 5.26 Å². The van der Waals surface area contributed by atoms with Gasteiger partial charge in [-0.2, -0.15) is 5.26 Å². The maximum atomic E-state index is 13.0. The van der Waals surface area contributed by atoms with Crippen LogP contribution in [0.15, 0.2) is 53.4 Å². The zero-order chi connectivity index (χ0) is 26.5. The van der Waals surface area contributed by atoms with Crippen LogP contribution in [0.5, 0.6) is 0 Å². The monoisotopic (exact) mass is 511 g/mol. The number of nitrogens with two attached hydrogens (primary N) is 1. The molecule has 1 aliphatic heterocycles. The molecule has 3 rings (SSSR count). The zero-order valence-corrected chi connectivity index (χ0v) is 21.7. The van der Waals surface area contributed by atoms with Crippen molar-refractivity contribution < 1.29 is 18.0 Å². The van der Waals surface area contributed by atoms with E-state index in [9.17, 15) is 18.0 Å². The molecule has 2 aromatic carbocycles. The summed E-state index contributed by atoms with van der Waals surface area (Å²) in [6.45, 7) is 6.99. The molecule has 0 unspecified atom stereocenters. The first-order valence-electron chi connectivity index (χ1n) is 11.8. The number of hydrogen-bond donors (Lipinski definition) is 2. The standard InChI is InChI=1S/C26H33N5O4S/c1-26(2,25(33)29-21(17-27)16-24(28)32)18-36(34,35)23-10-6-20(7-11-23)19-4-8-22(9-5-19)31-14-12-30(3)13-15-31/h4-11,21H,12-16,18H2,1-3H3,(H2,28,32)(H,29,33)/t21-/m0/s1. The first-order valence-corrected chi connectivity index (χ1v) is 13.4. The lowest BCUT2D eigenvalue weighted by Gasteiger charge is -2.34. The molecular weight excluding hydrogens is 478 g/mol. The molecule has 192 valence electrons. The minimum atomic E-state index is -3.80. The number of nitrogens with zero attached hydrogens (tertiary/aromatic N) is 3. The van der Waals surface area contributed by atoms with Crippen LogP contribution in [0.1, 0.15) is 20.3 Å². The summed E-state index contributed by atoms with van der Waals surface area (Å²) < 4.78 is 26.1. The number of carbonyl (C=O) groups is 2. The molecule has 0 aromatic heterocycles. The van der Waals surface area contributed by atoms with Gasteiger partial charge in [0.05, 0.1) is 28.6 Å². The first-order chi connectivity index (χ1) is 16.9. The van der Waals surface area contributed by atoms with E-state index in [1.54, 1.807) is 18.2 Å². The van der Waals surface area contributed by atoms with Crippen molar-refractivity contribution in [3.05, 3.63) is 48.5 Å². The summed E-state index contributed by atoms with van der Waals surface area (Å²) in [7, 11) is -1.68. The summed E-state index contributed by atoms with van der Waals surface area (Å²) in [6.07, 6.45) is -0.344. The molecule has 2 amide bonds. The molecule has 1 heterocycles. The van der Waals surface area contributed by atoms with E-state index in [2.05, 4.69) is 34.3 Å². The van der Waals surface area contributed by atoms with Gasteiger partial charge in [-0.05, 0) is 42.4 Å². The quantitative estimate of drug-likeness (QED) is 0.524. The lowest BCUT2D eigenvalue weighted by atomic mass is 9.94. The van der Waals surface area contributed by atoms with Crippen LogP contribution in [0.2, 0.25) is 0 Å². The van der Waals surface area contributed by atoms with Crippen LogP contribution in [0.3, 0.4) is 0 Å². The summed E-state index contributed by atoms with van der Waals surface area (Å²) in [5, 5.41) is 11.5. The van der Waals surface area contributed by atoms with Crippen molar-refractivity contribution in [3.8, 4) is 17.2 Å². The van der Waals surface area contributed by atoms with Gasteiger partial charge in [-0.25, -0.2) is 8.42 Å². The number of primary amides is 1. The van der Waals surface area contributed by atoms with Crippen molar-refractivity contribution in [2.75, 3.05) is 43.9 Å². The third-order valence-corrected chi connectivity index (χ3v) is 8.41. The van der Waals surface area contributed by atoms with Gasteiger partial charge in [-0.1, -0.05) is 38.1 Å². The Hall–Kier alpha value is -3.42. The van der Waals surface area contributed by atoms with Crippen molar-refractivity contribution in [2.45, 2.75) is 31.2 Å². The molecular formula is C26H33N5O4S. The minimum absolute atomic E-state index is 0.107. The highest BCUT2D eigenvalue weighted by Gasteiger charge is 2.35. The molecule has 0 aliphatic carbocycles. The van der Waals surface area contributed by atoms with E-state index in [1.165, 1.54) is 31.7 Å². The van der Waals surface area contributed by atoms with E-state index < -0.39 is 38.9 Å². The summed E-state index contributed by atoms with van der Waals surface area (Å²) in [4.78, 5) is 28.5. The minimum Gasteiger partial charge on any atom is -0.370 e. The van der Waals surface area contributed by atoms with Crippen molar-refractivity contribution in [2.24, 2.45) is 11.1 Å². The van der Waals surface area contributed by atoms with Gasteiger partial charge in [0.25, 0.3) is 0 Å². The number of likely N-dealkylation sites (N-methyl/N-ethyl adjacent to an activating group) is 1. The molecule has 1 aliphatic rings. The second-order valence-electron chi connectivity index (χ2n) is 9.83. The summed E-state index contributed by atoms with van der Waals surface area (Å²) in [6, 6.07) is 15.5. The molecule has 0 saturated carbocycles. The van der Waals surface area contributed by atoms with Crippen LogP contribution in [0, 0.1) is 16.7 Å². The average Bonchev–Trinajstić information content (AvgIpc) is 2.83. The molecule has 0 bridgehead atoms. The Morgan fingerprint density at radius 3 is 2.06 bits per heavy atom. The predicted molar refractivity (Wildman–Crippen MR) is 139 cm³/mol. The Balaban J connectivity index is 1.68. The van der Waals surface area contributed by atoms with Crippen LogP contribution in [0.4, 0.5) is 5.69 Å². The Bertz CT molecular complexity index is 1230. The number of hydrogen-bond acceptors (Lipinski definition) is 7. The van der Waals surface area contributed by atoms with E-state index in [1.807, 2.05) is 12.1 Å². The number of sulfone groups is 1.